The van der Waals surface area contributed by atoms with Crippen molar-refractivity contribution >= 4 is 0 Å². The van der Waals surface area contributed by atoms with E-state index in [0.29, 0.717) is 6.04 Å². The number of nitrogens with one attached hydrogen (secondary N) is 1. The number of rotatable bonds is 4. The third-order valence-corrected chi connectivity index (χ3v) is 3.00. The van der Waals surface area contributed by atoms with Gasteiger partial charge in [-0.3, -0.25) is 4.79 Å². The Labute approximate surface area is 97.5 Å². The summed E-state index contributed by atoms with van der Waals surface area (Å²) in [4.78, 5) is 11.4. The van der Waals surface area contributed by atoms with Crippen LogP contribution in [0.3, 0.4) is 0 Å². The van der Waals surface area contributed by atoms with Gasteiger partial charge in [0.25, 0.3) is 5.56 Å². The third-order valence-electron chi connectivity index (χ3n) is 3.00. The van der Waals surface area contributed by atoms with Gasteiger partial charge >= 0.3 is 0 Å². The highest BCUT2D eigenvalue weighted by Crippen LogP contribution is 2.17. The second kappa shape index (κ2) is 5.30. The van der Waals surface area contributed by atoms with Crippen LogP contribution in [0.5, 0.6) is 0 Å². The largest absolute Gasteiger partial charge is 0.314 e. The first-order valence-corrected chi connectivity index (χ1v) is 5.80. The highest BCUT2D eigenvalue weighted by Gasteiger charge is 2.18. The van der Waals surface area contributed by atoms with E-state index in [1.165, 1.54) is 0 Å². The maximum atomic E-state index is 11.4. The Balaban J connectivity index is 2.43. The lowest BCUT2D eigenvalue weighted by atomic mass is 9.88. The molecule has 0 spiro atoms. The maximum absolute atomic E-state index is 11.4. The zero-order valence-corrected chi connectivity index (χ0v) is 10.7. The molecule has 0 amide bonds. The molecule has 1 heterocycles. The average Bonchev–Trinajstić information content (AvgIpc) is 2.19. The molecule has 3 nitrogen and oxygen atoms in total. The van der Waals surface area contributed by atoms with Crippen LogP contribution < -0.4 is 10.9 Å². The minimum Gasteiger partial charge on any atom is -0.314 e. The Bertz CT molecular complexity index is 376. The van der Waals surface area contributed by atoms with Crippen LogP contribution in [0.15, 0.2) is 29.2 Å². The molecule has 0 saturated heterocycles. The van der Waals surface area contributed by atoms with Crippen LogP contribution in [0.4, 0.5) is 0 Å². The summed E-state index contributed by atoms with van der Waals surface area (Å²) >= 11 is 0. The average molecular weight is 222 g/mol. The fraction of sp³-hybridized carbons (Fsp3) is 0.615. The van der Waals surface area contributed by atoms with Crippen molar-refractivity contribution in [1.29, 1.82) is 0 Å². The van der Waals surface area contributed by atoms with Gasteiger partial charge in [0.2, 0.25) is 0 Å². The molecular formula is C13H22N2O. The van der Waals surface area contributed by atoms with Gasteiger partial charge in [0, 0.05) is 31.4 Å². The standard InChI is InChI=1S/C13H22N2O/c1-11(13(2,3)4)14-8-10-15-9-6-5-7-12(15)16/h5-7,9,11,14H,8,10H2,1-4H3. The Morgan fingerprint density at radius 3 is 2.62 bits per heavy atom. The molecule has 0 saturated carbocycles. The lowest BCUT2D eigenvalue weighted by molar-refractivity contribution is 0.283. The van der Waals surface area contributed by atoms with Gasteiger partial charge in [0.1, 0.15) is 0 Å². The Kier molecular flexibility index (Phi) is 4.30. The van der Waals surface area contributed by atoms with E-state index < -0.39 is 0 Å². The first kappa shape index (κ1) is 13.0. The molecule has 1 aromatic heterocycles. The Hall–Kier alpha value is -1.09. The zero-order chi connectivity index (χ0) is 12.2. The predicted molar refractivity (Wildman–Crippen MR) is 67.6 cm³/mol. The van der Waals surface area contributed by atoms with E-state index >= 15 is 0 Å². The number of hydrogen-bond donors (Lipinski definition) is 1. The van der Waals surface area contributed by atoms with E-state index in [1.807, 2.05) is 12.3 Å². The molecule has 1 atom stereocenters. The summed E-state index contributed by atoms with van der Waals surface area (Å²) in [6.45, 7) is 10.3. The van der Waals surface area contributed by atoms with Gasteiger partial charge in [-0.1, -0.05) is 26.8 Å². The monoisotopic (exact) mass is 222 g/mol. The van der Waals surface area contributed by atoms with E-state index in [9.17, 15) is 4.79 Å². The zero-order valence-electron chi connectivity index (χ0n) is 10.7. The third kappa shape index (κ3) is 3.81. The lowest BCUT2D eigenvalue weighted by Gasteiger charge is -2.28. The quantitative estimate of drug-likeness (QED) is 0.844. The van der Waals surface area contributed by atoms with Crippen LogP contribution in [-0.4, -0.2) is 17.2 Å². The second-order valence-electron chi connectivity index (χ2n) is 5.27. The molecule has 0 aliphatic rings. The first-order chi connectivity index (χ1) is 7.41. The van der Waals surface area contributed by atoms with Crippen molar-refractivity contribution < 1.29 is 0 Å². The van der Waals surface area contributed by atoms with Crippen molar-refractivity contribution in [3.8, 4) is 0 Å². The van der Waals surface area contributed by atoms with Crippen LogP contribution >= 0.6 is 0 Å². The Morgan fingerprint density at radius 1 is 1.38 bits per heavy atom. The second-order valence-corrected chi connectivity index (χ2v) is 5.27. The fourth-order valence-corrected chi connectivity index (χ4v) is 1.35. The van der Waals surface area contributed by atoms with Gasteiger partial charge in [-0.2, -0.15) is 0 Å². The molecule has 0 aliphatic carbocycles. The van der Waals surface area contributed by atoms with Crippen molar-refractivity contribution in [3.05, 3.63) is 34.7 Å². The first-order valence-electron chi connectivity index (χ1n) is 5.80. The van der Waals surface area contributed by atoms with Gasteiger partial charge in [-0.15, -0.1) is 0 Å². The summed E-state index contributed by atoms with van der Waals surface area (Å²) in [6.07, 6.45) is 1.83. The molecule has 1 N–H and O–H groups in total. The molecule has 1 rings (SSSR count). The SMILES string of the molecule is CC(NCCn1ccccc1=O)C(C)(C)C. The van der Waals surface area contributed by atoms with Crippen molar-refractivity contribution in [2.45, 2.75) is 40.3 Å². The molecule has 1 aromatic rings. The molecule has 0 radical (unpaired) electrons. The molecule has 0 aliphatic heterocycles. The number of pyridine rings is 1. The lowest BCUT2D eigenvalue weighted by Crippen LogP contribution is -2.40. The summed E-state index contributed by atoms with van der Waals surface area (Å²) in [5.41, 5.74) is 0.314. The summed E-state index contributed by atoms with van der Waals surface area (Å²) < 4.78 is 1.72. The van der Waals surface area contributed by atoms with Crippen molar-refractivity contribution in [1.82, 2.24) is 9.88 Å². The van der Waals surface area contributed by atoms with Crippen molar-refractivity contribution in [3.63, 3.8) is 0 Å². The van der Waals surface area contributed by atoms with E-state index in [1.54, 1.807) is 16.7 Å². The van der Waals surface area contributed by atoms with Crippen LogP contribution in [0.1, 0.15) is 27.7 Å². The number of hydrogen-bond acceptors (Lipinski definition) is 2. The summed E-state index contributed by atoms with van der Waals surface area (Å²) in [5, 5.41) is 3.44. The van der Waals surface area contributed by atoms with Gasteiger partial charge in [0.05, 0.1) is 0 Å². The van der Waals surface area contributed by atoms with Crippen LogP contribution in [-0.2, 0) is 6.54 Å². The molecule has 0 aromatic carbocycles. The molecule has 1 unspecified atom stereocenters. The topological polar surface area (TPSA) is 34.0 Å². The fourth-order valence-electron chi connectivity index (χ4n) is 1.35. The van der Waals surface area contributed by atoms with Crippen LogP contribution in [0.25, 0.3) is 0 Å². The van der Waals surface area contributed by atoms with Gasteiger partial charge in [-0.25, -0.2) is 0 Å². The molecule has 90 valence electrons. The summed E-state index contributed by atoms with van der Waals surface area (Å²) in [5.74, 6) is 0. The minimum absolute atomic E-state index is 0.0627. The van der Waals surface area contributed by atoms with E-state index in [-0.39, 0.29) is 11.0 Å². The smallest absolute Gasteiger partial charge is 0.250 e. The predicted octanol–water partition coefficient (Wildman–Crippen LogP) is 1.87. The van der Waals surface area contributed by atoms with E-state index in [0.717, 1.165) is 13.1 Å². The van der Waals surface area contributed by atoms with Crippen LogP contribution in [0, 0.1) is 5.41 Å². The van der Waals surface area contributed by atoms with Gasteiger partial charge in [0.15, 0.2) is 0 Å². The van der Waals surface area contributed by atoms with Crippen molar-refractivity contribution in [2.75, 3.05) is 6.54 Å². The molecule has 0 fully saturated rings. The summed E-state index contributed by atoms with van der Waals surface area (Å²) in [7, 11) is 0. The highest BCUT2D eigenvalue weighted by atomic mass is 16.1. The van der Waals surface area contributed by atoms with Gasteiger partial charge in [-0.05, 0) is 18.4 Å². The summed E-state index contributed by atoms with van der Waals surface area (Å²) in [6, 6.07) is 5.68. The Morgan fingerprint density at radius 2 is 2.06 bits per heavy atom. The molecule has 3 heteroatoms. The van der Waals surface area contributed by atoms with Crippen molar-refractivity contribution in [2.24, 2.45) is 5.41 Å². The highest BCUT2D eigenvalue weighted by molar-refractivity contribution is 4.93. The minimum atomic E-state index is 0.0627. The number of aromatic nitrogens is 1. The maximum Gasteiger partial charge on any atom is 0.250 e. The van der Waals surface area contributed by atoms with E-state index in [2.05, 4.69) is 33.0 Å². The normalized spacial score (nSPS) is 13.8. The molecular weight excluding hydrogens is 200 g/mol. The number of nitrogens with zero attached hydrogens (tertiary/aromatic N) is 1. The molecule has 0 bridgehead atoms. The molecule has 16 heavy (non-hydrogen) atoms. The van der Waals surface area contributed by atoms with E-state index in [4.69, 9.17) is 0 Å². The van der Waals surface area contributed by atoms with Gasteiger partial charge < -0.3 is 9.88 Å². The van der Waals surface area contributed by atoms with Crippen LogP contribution in [0.2, 0.25) is 0 Å².